The quantitative estimate of drug-likeness (QED) is 0.702. The Balaban J connectivity index is 1.83. The number of anilines is 1. The van der Waals surface area contributed by atoms with Gasteiger partial charge in [-0.25, -0.2) is 13.4 Å². The first-order chi connectivity index (χ1) is 13.4. The van der Waals surface area contributed by atoms with Gasteiger partial charge in [0.15, 0.2) is 0 Å². The van der Waals surface area contributed by atoms with Gasteiger partial charge in [0, 0.05) is 22.8 Å². The summed E-state index contributed by atoms with van der Waals surface area (Å²) in [6.45, 7) is 2.21. The number of fused-ring (bicyclic) bond motifs is 1. The minimum absolute atomic E-state index is 0.0535. The average molecular weight is 416 g/mol. The molecule has 3 aromatic rings. The standard InChI is InChI=1S/C20H18ClN3O3S/c1-2-13-5-3-4-6-16(13)22-19(25)18-17(14-7-9-15(21)10-8-14)23-20-24(18)11-12-28(20,26)27/h3-10H,2,11-12H2,1H3,(H,22,25). The molecule has 1 aliphatic rings. The Morgan fingerprint density at radius 2 is 1.89 bits per heavy atom. The highest BCUT2D eigenvalue weighted by Gasteiger charge is 2.35. The molecular weight excluding hydrogens is 398 g/mol. The van der Waals surface area contributed by atoms with Crippen molar-refractivity contribution in [3.05, 3.63) is 64.8 Å². The summed E-state index contributed by atoms with van der Waals surface area (Å²) in [5.41, 5.74) is 2.91. The van der Waals surface area contributed by atoms with Crippen molar-refractivity contribution in [2.24, 2.45) is 0 Å². The summed E-state index contributed by atoms with van der Waals surface area (Å²) in [6.07, 6.45) is 0.763. The average Bonchev–Trinajstić information content (AvgIpc) is 3.20. The zero-order chi connectivity index (χ0) is 19.9. The number of hydrogen-bond acceptors (Lipinski definition) is 4. The molecule has 8 heteroatoms. The van der Waals surface area contributed by atoms with Gasteiger partial charge in [-0.05, 0) is 30.2 Å². The lowest BCUT2D eigenvalue weighted by atomic mass is 10.1. The maximum atomic E-state index is 13.2. The highest BCUT2D eigenvalue weighted by molar-refractivity contribution is 7.91. The molecule has 4 rings (SSSR count). The number of imidazole rings is 1. The Kier molecular flexibility index (Phi) is 4.72. The Morgan fingerprint density at radius 3 is 2.61 bits per heavy atom. The molecule has 1 N–H and O–H groups in total. The first-order valence-electron chi connectivity index (χ1n) is 8.89. The van der Waals surface area contributed by atoms with Crippen LogP contribution in [0.5, 0.6) is 0 Å². The minimum Gasteiger partial charge on any atom is -0.320 e. The molecule has 2 heterocycles. The van der Waals surface area contributed by atoms with Crippen molar-refractivity contribution in [3.63, 3.8) is 0 Å². The lowest BCUT2D eigenvalue weighted by Gasteiger charge is -2.12. The van der Waals surface area contributed by atoms with Crippen molar-refractivity contribution in [2.75, 3.05) is 11.1 Å². The lowest BCUT2D eigenvalue weighted by molar-refractivity contribution is 0.101. The Labute approximate surface area is 168 Å². The van der Waals surface area contributed by atoms with E-state index in [2.05, 4.69) is 10.3 Å². The van der Waals surface area contributed by atoms with Crippen LogP contribution in [-0.4, -0.2) is 29.6 Å². The van der Waals surface area contributed by atoms with Gasteiger partial charge in [0.05, 0.1) is 5.75 Å². The maximum absolute atomic E-state index is 13.2. The van der Waals surface area contributed by atoms with Crippen molar-refractivity contribution < 1.29 is 13.2 Å². The third-order valence-electron chi connectivity index (χ3n) is 4.77. The van der Waals surface area contributed by atoms with Crippen LogP contribution in [-0.2, 0) is 22.8 Å². The second-order valence-corrected chi connectivity index (χ2v) is 8.97. The number of rotatable bonds is 4. The molecule has 28 heavy (non-hydrogen) atoms. The summed E-state index contributed by atoms with van der Waals surface area (Å²) in [5.74, 6) is -0.441. The van der Waals surface area contributed by atoms with Crippen molar-refractivity contribution in [2.45, 2.75) is 25.0 Å². The fraction of sp³-hybridized carbons (Fsp3) is 0.200. The number of para-hydroxylation sites is 1. The molecule has 0 aliphatic carbocycles. The zero-order valence-corrected chi connectivity index (χ0v) is 16.7. The van der Waals surface area contributed by atoms with Gasteiger partial charge in [-0.3, -0.25) is 4.79 Å². The predicted molar refractivity (Wildman–Crippen MR) is 108 cm³/mol. The summed E-state index contributed by atoms with van der Waals surface area (Å²) in [4.78, 5) is 17.5. The molecule has 6 nitrogen and oxygen atoms in total. The van der Waals surface area contributed by atoms with Crippen LogP contribution in [0.3, 0.4) is 0 Å². The van der Waals surface area contributed by atoms with Crippen LogP contribution >= 0.6 is 11.6 Å². The van der Waals surface area contributed by atoms with Crippen molar-refractivity contribution >= 4 is 33.0 Å². The van der Waals surface area contributed by atoms with Crippen LogP contribution in [0.1, 0.15) is 23.0 Å². The molecule has 1 aliphatic heterocycles. The summed E-state index contributed by atoms with van der Waals surface area (Å²) < 4.78 is 26.2. The fourth-order valence-electron chi connectivity index (χ4n) is 3.35. The number of hydrogen-bond donors (Lipinski definition) is 1. The molecule has 0 fully saturated rings. The van der Waals surface area contributed by atoms with Crippen molar-refractivity contribution in [1.29, 1.82) is 0 Å². The van der Waals surface area contributed by atoms with Crippen LogP contribution in [0.2, 0.25) is 5.02 Å². The smallest absolute Gasteiger partial charge is 0.274 e. The van der Waals surface area contributed by atoms with Gasteiger partial charge in [0.25, 0.3) is 5.91 Å². The molecule has 0 spiro atoms. The molecule has 0 radical (unpaired) electrons. The number of aromatic nitrogens is 2. The van der Waals surface area contributed by atoms with E-state index in [1.807, 2.05) is 31.2 Å². The third-order valence-corrected chi connectivity index (χ3v) is 6.61. The SMILES string of the molecule is CCc1ccccc1NC(=O)c1c(-c2ccc(Cl)cc2)nc2n1CCS2(=O)=O. The molecule has 2 aromatic carbocycles. The van der Waals surface area contributed by atoms with Gasteiger partial charge in [-0.1, -0.05) is 48.9 Å². The molecular formula is C20H18ClN3O3S. The maximum Gasteiger partial charge on any atom is 0.274 e. The lowest BCUT2D eigenvalue weighted by Crippen LogP contribution is -2.18. The summed E-state index contributed by atoms with van der Waals surface area (Å²) in [7, 11) is -3.50. The molecule has 0 saturated heterocycles. The van der Waals surface area contributed by atoms with E-state index in [9.17, 15) is 13.2 Å². The van der Waals surface area contributed by atoms with Gasteiger partial charge in [-0.15, -0.1) is 0 Å². The third kappa shape index (κ3) is 3.21. The van der Waals surface area contributed by atoms with E-state index in [1.54, 1.807) is 24.3 Å². The van der Waals surface area contributed by atoms with Gasteiger partial charge >= 0.3 is 0 Å². The predicted octanol–water partition coefficient (Wildman–Crippen LogP) is 3.81. The zero-order valence-electron chi connectivity index (χ0n) is 15.1. The number of amides is 1. The Hall–Kier alpha value is -2.64. The molecule has 1 amide bonds. The van der Waals surface area contributed by atoms with E-state index >= 15 is 0 Å². The van der Waals surface area contributed by atoms with Crippen molar-refractivity contribution in [1.82, 2.24) is 9.55 Å². The molecule has 0 unspecified atom stereocenters. The molecule has 144 valence electrons. The largest absolute Gasteiger partial charge is 0.320 e. The number of halogens is 1. The number of aryl methyl sites for hydroxylation is 1. The van der Waals surface area contributed by atoms with Crippen molar-refractivity contribution in [3.8, 4) is 11.3 Å². The Morgan fingerprint density at radius 1 is 1.18 bits per heavy atom. The summed E-state index contributed by atoms with van der Waals surface area (Å²) in [6, 6.07) is 14.4. The first kappa shape index (κ1) is 18.7. The molecule has 0 saturated carbocycles. The number of nitrogens with zero attached hydrogens (tertiary/aromatic N) is 2. The molecule has 1 aromatic heterocycles. The van der Waals surface area contributed by atoms with E-state index in [0.29, 0.717) is 22.0 Å². The van der Waals surface area contributed by atoms with Crippen LogP contribution in [0.4, 0.5) is 5.69 Å². The van der Waals surface area contributed by atoms with Gasteiger partial charge in [0.1, 0.15) is 11.4 Å². The second kappa shape index (κ2) is 7.07. The van der Waals surface area contributed by atoms with E-state index in [1.165, 1.54) is 4.57 Å². The minimum atomic E-state index is -3.50. The van der Waals surface area contributed by atoms with Gasteiger partial charge < -0.3 is 9.88 Å². The highest BCUT2D eigenvalue weighted by Crippen LogP contribution is 2.31. The fourth-order valence-corrected chi connectivity index (χ4v) is 4.83. The topological polar surface area (TPSA) is 81.1 Å². The van der Waals surface area contributed by atoms with E-state index in [-0.39, 0.29) is 29.1 Å². The van der Waals surface area contributed by atoms with Crippen LogP contribution in [0.25, 0.3) is 11.3 Å². The summed E-state index contributed by atoms with van der Waals surface area (Å²) in [5, 5.41) is 3.41. The number of nitrogens with one attached hydrogen (secondary N) is 1. The van der Waals surface area contributed by atoms with Gasteiger partial charge in [-0.2, -0.15) is 0 Å². The number of carbonyl (C=O) groups excluding carboxylic acids is 1. The monoisotopic (exact) mass is 415 g/mol. The second-order valence-electron chi connectivity index (χ2n) is 6.53. The highest BCUT2D eigenvalue weighted by atomic mass is 35.5. The number of carbonyl (C=O) groups is 1. The van der Waals surface area contributed by atoms with Crippen LogP contribution < -0.4 is 5.32 Å². The normalized spacial score (nSPS) is 14.6. The van der Waals surface area contributed by atoms with Crippen LogP contribution in [0, 0.1) is 0 Å². The number of benzene rings is 2. The Bertz CT molecular complexity index is 1170. The van der Waals surface area contributed by atoms with E-state index in [4.69, 9.17) is 11.6 Å². The van der Waals surface area contributed by atoms with Gasteiger partial charge in [0.2, 0.25) is 15.0 Å². The molecule has 0 atom stereocenters. The van der Waals surface area contributed by atoms with E-state index in [0.717, 1.165) is 12.0 Å². The molecule has 0 bridgehead atoms. The van der Waals surface area contributed by atoms with E-state index < -0.39 is 9.84 Å². The summed E-state index contributed by atoms with van der Waals surface area (Å²) >= 11 is 5.96. The first-order valence-corrected chi connectivity index (χ1v) is 10.9. The van der Waals surface area contributed by atoms with Crippen LogP contribution in [0.15, 0.2) is 53.7 Å². The number of sulfone groups is 1.